The molecule has 3 heteroatoms. The van der Waals surface area contributed by atoms with E-state index in [1.54, 1.807) is 0 Å². The Hall–Kier alpha value is 0.359. The Morgan fingerprint density at radius 3 is 1.75 bits per heavy atom. The van der Waals surface area contributed by atoms with E-state index in [0.717, 1.165) is 0 Å². The first-order valence-electron chi connectivity index (χ1n) is 0.428. The van der Waals surface area contributed by atoms with E-state index in [1.807, 2.05) is 0 Å². The Kier molecular flexibility index (Phi) is 22.4. The molecule has 0 unspecified atom stereocenters. The third kappa shape index (κ3) is 33.8. The van der Waals surface area contributed by atoms with Crippen molar-refractivity contribution in [3.05, 3.63) is 0 Å². The maximum absolute atomic E-state index is 7.13. The second kappa shape index (κ2) is 10.1. The molecule has 0 aromatic rings. The molecule has 23 valence electrons. The number of nitriles is 1. The summed E-state index contributed by atoms with van der Waals surface area (Å²) in [6.07, 6.45) is 0. The zero-order valence-corrected chi connectivity index (χ0v) is 4.41. The molecule has 0 amide bonds. The number of rotatable bonds is 0. The summed E-state index contributed by atoms with van der Waals surface area (Å²) in [7, 11) is 0. The molecule has 4 heavy (non-hydrogen) atoms. The average Bonchev–Trinajstić information content (AvgIpc) is 0.918. The van der Waals surface area contributed by atoms with Crippen LogP contribution in [0.2, 0.25) is 0 Å². The Morgan fingerprint density at radius 2 is 1.75 bits per heavy atom. The summed E-state index contributed by atoms with van der Waals surface area (Å²) >= 11 is 3.70. The van der Waals surface area contributed by atoms with Gasteiger partial charge in [-0.25, -0.2) is 5.26 Å². The van der Waals surface area contributed by atoms with E-state index in [1.165, 1.54) is 5.40 Å². The molecule has 0 aliphatic heterocycles. The van der Waals surface area contributed by atoms with Gasteiger partial charge in [0.05, 0.1) is 0 Å². The minimum absolute atomic E-state index is 0. The predicted molar refractivity (Wildman–Crippen MR) is 13.0 cm³/mol. The minimum atomic E-state index is 0. The molecule has 0 bridgehead atoms. The van der Waals surface area contributed by atoms with Crippen LogP contribution in [-0.4, -0.2) is 0 Å². The fourth-order valence-corrected chi connectivity index (χ4v) is 0. The molecule has 0 aromatic heterocycles. The topological polar surface area (TPSA) is 23.8 Å². The third-order valence-electron chi connectivity index (χ3n) is 0. The fourth-order valence-electron chi connectivity index (χ4n) is 0. The van der Waals surface area contributed by atoms with Gasteiger partial charge in [-0.2, -0.15) is 0 Å². The molecular weight excluding hydrogens is 156 g/mol. The van der Waals surface area contributed by atoms with E-state index in [9.17, 15) is 0 Å². The van der Waals surface area contributed by atoms with Gasteiger partial charge < -0.3 is 12.6 Å². The Morgan fingerprint density at radius 1 is 1.75 bits per heavy atom. The predicted octanol–water partition coefficient (Wildman–Crippen LogP) is 0.0119. The van der Waals surface area contributed by atoms with Crippen molar-refractivity contribution in [1.29, 1.82) is 5.26 Å². The van der Waals surface area contributed by atoms with Gasteiger partial charge in [-0.05, 0) is 0 Å². The molecule has 0 aromatic carbocycles. The fraction of sp³-hybridized carbons (Fsp3) is 0. The van der Waals surface area contributed by atoms with Gasteiger partial charge in [-0.15, -0.1) is 0 Å². The van der Waals surface area contributed by atoms with Crippen LogP contribution >= 0.6 is 0 Å². The molecule has 0 spiro atoms. The van der Waals surface area contributed by atoms with Gasteiger partial charge in [0.1, 0.15) is 0 Å². The van der Waals surface area contributed by atoms with Crippen molar-refractivity contribution in [3.8, 4) is 5.40 Å². The molecule has 0 fully saturated rings. The molecule has 0 aliphatic rings. The first kappa shape index (κ1) is 8.84. The molecule has 0 saturated heterocycles. The van der Waals surface area contributed by atoms with E-state index in [0.29, 0.717) is 0 Å². The molecule has 0 aliphatic carbocycles. The van der Waals surface area contributed by atoms with Crippen LogP contribution in [0.5, 0.6) is 0 Å². The van der Waals surface area contributed by atoms with Gasteiger partial charge in [0, 0.05) is 20.1 Å². The number of thiocyanates is 1. The van der Waals surface area contributed by atoms with E-state index in [4.69, 9.17) is 5.26 Å². The van der Waals surface area contributed by atoms with E-state index in [2.05, 4.69) is 12.6 Å². The quantitative estimate of drug-likeness (QED) is 0.364. The van der Waals surface area contributed by atoms with Crippen molar-refractivity contribution in [2.75, 3.05) is 0 Å². The molecule has 0 atom stereocenters. The summed E-state index contributed by atoms with van der Waals surface area (Å²) in [5, 5.41) is 8.47. The summed E-state index contributed by atoms with van der Waals surface area (Å²) in [4.78, 5) is 0. The molecule has 1 nitrogen and oxygen atoms in total. The largest absolute Gasteiger partial charge is 0.696 e. The van der Waals surface area contributed by atoms with Crippen molar-refractivity contribution in [3.63, 3.8) is 0 Å². The van der Waals surface area contributed by atoms with Crippen LogP contribution < -0.4 is 0 Å². The summed E-state index contributed by atoms with van der Waals surface area (Å²) in [5.74, 6) is 0. The Balaban J connectivity index is 0. The van der Waals surface area contributed by atoms with Crippen molar-refractivity contribution < 1.29 is 20.1 Å². The van der Waals surface area contributed by atoms with Crippen LogP contribution in [0.1, 0.15) is 0 Å². The van der Waals surface area contributed by atoms with Crippen molar-refractivity contribution >= 4 is 12.6 Å². The van der Waals surface area contributed by atoms with Crippen LogP contribution in [-0.2, 0) is 32.7 Å². The summed E-state index contributed by atoms with van der Waals surface area (Å²) in [6, 6.07) is 0. The van der Waals surface area contributed by atoms with Crippen molar-refractivity contribution in [1.82, 2.24) is 0 Å². The molecule has 0 saturated carbocycles. The number of nitrogens with zero attached hydrogens (tertiary/aromatic N) is 1. The maximum Gasteiger partial charge on any atom is 0 e. The van der Waals surface area contributed by atoms with Gasteiger partial charge in [-0.1, -0.05) is 5.40 Å². The summed E-state index contributed by atoms with van der Waals surface area (Å²) in [5.41, 5.74) is 0. The zero-order valence-electron chi connectivity index (χ0n) is 1.73. The SMILES string of the molecule is N#C[S-].[Tc]. The molecule has 1 radical (unpaired) electrons. The van der Waals surface area contributed by atoms with Crippen molar-refractivity contribution in [2.24, 2.45) is 0 Å². The third-order valence-corrected chi connectivity index (χ3v) is 0. The maximum atomic E-state index is 7.13. The van der Waals surface area contributed by atoms with Gasteiger partial charge in [0.2, 0.25) is 0 Å². The van der Waals surface area contributed by atoms with Crippen molar-refractivity contribution in [2.45, 2.75) is 0 Å². The van der Waals surface area contributed by atoms with Gasteiger partial charge in [-0.3, -0.25) is 0 Å². The summed E-state index contributed by atoms with van der Waals surface area (Å²) < 4.78 is 0. The van der Waals surface area contributed by atoms with E-state index in [-0.39, 0.29) is 20.1 Å². The number of hydrogen-bond donors (Lipinski definition) is 0. The van der Waals surface area contributed by atoms with Gasteiger partial charge >= 0.3 is 0 Å². The molecule has 0 rings (SSSR count). The first-order chi connectivity index (χ1) is 1.41. The summed E-state index contributed by atoms with van der Waals surface area (Å²) in [6.45, 7) is 0. The average molecular weight is 156 g/mol. The van der Waals surface area contributed by atoms with Crippen LogP contribution in [0, 0.1) is 10.7 Å². The van der Waals surface area contributed by atoms with Crippen LogP contribution in [0.3, 0.4) is 0 Å². The molecule has 0 heterocycles. The monoisotopic (exact) mass is 155 g/mol. The van der Waals surface area contributed by atoms with E-state index >= 15 is 0 Å². The second-order valence-electron chi connectivity index (χ2n) is 0.0913. The normalized spacial score (nSPS) is 1.75. The molecule has 0 N–H and O–H groups in total. The second-order valence-corrected chi connectivity index (χ2v) is 0.274. The smallest absolute Gasteiger partial charge is 0 e. The number of hydrogen-bond acceptors (Lipinski definition) is 2. The van der Waals surface area contributed by atoms with E-state index < -0.39 is 0 Å². The molecular formula is CNSTc-. The van der Waals surface area contributed by atoms with Crippen LogP contribution in [0.15, 0.2) is 0 Å². The Labute approximate surface area is 43.8 Å². The zero-order chi connectivity index (χ0) is 2.71. The van der Waals surface area contributed by atoms with Crippen LogP contribution in [0.4, 0.5) is 0 Å². The first-order valence-corrected chi connectivity index (χ1v) is 0.836. The Bertz CT molecular complexity index is 29.5. The van der Waals surface area contributed by atoms with Crippen LogP contribution in [0.25, 0.3) is 0 Å². The standard InChI is InChI=1S/CHNS.Tc/c2-1-3;/h3H;/p-1. The minimum Gasteiger partial charge on any atom is -0.696 e. The van der Waals surface area contributed by atoms with Gasteiger partial charge in [0.25, 0.3) is 0 Å². The van der Waals surface area contributed by atoms with Gasteiger partial charge in [0.15, 0.2) is 0 Å².